The van der Waals surface area contributed by atoms with Crippen molar-refractivity contribution >= 4 is 69.6 Å². The smallest absolute Gasteiger partial charge is 0.169 e. The zero-order chi connectivity index (χ0) is 12.6. The lowest BCUT2D eigenvalue weighted by Crippen LogP contribution is -2.52. The third kappa shape index (κ3) is 1.08. The van der Waals surface area contributed by atoms with Crippen LogP contribution in [0.4, 0.5) is 0 Å². The molecule has 2 aliphatic rings. The highest BCUT2D eigenvalue weighted by Gasteiger charge is 2.83. The van der Waals surface area contributed by atoms with Crippen LogP contribution in [-0.2, 0) is 0 Å². The first-order valence-electron chi connectivity index (χ1n) is 4.26. The van der Waals surface area contributed by atoms with E-state index in [1.54, 1.807) is 0 Å². The monoisotopic (exact) mass is 340 g/mol. The van der Waals surface area contributed by atoms with Gasteiger partial charge in [0.15, 0.2) is 4.33 Å². The van der Waals surface area contributed by atoms with Crippen molar-refractivity contribution in [2.75, 3.05) is 0 Å². The lowest BCUT2D eigenvalue weighted by Gasteiger charge is -2.38. The number of hydrogen-bond donors (Lipinski definition) is 1. The van der Waals surface area contributed by atoms with Crippen LogP contribution in [0.1, 0.15) is 6.42 Å². The molecule has 1 fully saturated rings. The van der Waals surface area contributed by atoms with Gasteiger partial charge in [0.1, 0.15) is 15.3 Å². The number of fused-ring (bicyclic) bond motifs is 2. The summed E-state index contributed by atoms with van der Waals surface area (Å²) in [5, 5.41) is 10.4. The minimum absolute atomic E-state index is 0.0375. The fourth-order valence-electron chi connectivity index (χ4n) is 2.23. The summed E-state index contributed by atoms with van der Waals surface area (Å²) >= 11 is 36.8. The van der Waals surface area contributed by atoms with E-state index in [-0.39, 0.29) is 16.5 Å². The number of alkyl halides is 4. The summed E-state index contributed by atoms with van der Waals surface area (Å²) in [5.41, 5.74) is -1.60. The predicted octanol–water partition coefficient (Wildman–Crippen LogP) is 4.14. The Balaban J connectivity index is 2.79. The van der Waals surface area contributed by atoms with Crippen LogP contribution < -0.4 is 0 Å². The van der Waals surface area contributed by atoms with Crippen molar-refractivity contribution in [1.29, 1.82) is 0 Å². The largest absolute Gasteiger partial charge is 0.383 e. The Labute approximate surface area is 123 Å². The lowest BCUT2D eigenvalue weighted by molar-refractivity contribution is 0.0743. The van der Waals surface area contributed by atoms with Gasteiger partial charge in [0.2, 0.25) is 0 Å². The van der Waals surface area contributed by atoms with Gasteiger partial charge in [0.05, 0.1) is 10.1 Å². The number of rotatable bonds is 1. The molecule has 0 aromatic heterocycles. The second kappa shape index (κ2) is 3.39. The van der Waals surface area contributed by atoms with Crippen molar-refractivity contribution < 1.29 is 5.11 Å². The number of allylic oxidation sites excluding steroid dienone is 1. The minimum Gasteiger partial charge on any atom is -0.383 e. The van der Waals surface area contributed by atoms with Crippen LogP contribution in [0.2, 0.25) is 0 Å². The molecule has 16 heavy (non-hydrogen) atoms. The first-order valence-corrected chi connectivity index (χ1v) is 6.53. The molecule has 7 heteroatoms. The Morgan fingerprint density at radius 3 is 1.94 bits per heavy atom. The highest BCUT2D eigenvalue weighted by atomic mass is 35.5. The van der Waals surface area contributed by atoms with Gasteiger partial charge in [0, 0.05) is 6.42 Å². The van der Waals surface area contributed by atoms with E-state index in [4.69, 9.17) is 69.6 Å². The van der Waals surface area contributed by atoms with E-state index < -0.39 is 19.7 Å². The molecule has 2 aliphatic carbocycles. The minimum atomic E-state index is -1.71. The molecule has 3 unspecified atom stereocenters. The van der Waals surface area contributed by atoms with E-state index in [2.05, 4.69) is 6.58 Å². The molecule has 1 nitrogen and oxygen atoms in total. The summed E-state index contributed by atoms with van der Waals surface area (Å²) in [5.74, 6) is 0. The number of hydrogen-bond acceptors (Lipinski definition) is 1. The molecule has 1 N–H and O–H groups in total. The van der Waals surface area contributed by atoms with Crippen molar-refractivity contribution in [3.8, 4) is 0 Å². The van der Waals surface area contributed by atoms with Gasteiger partial charge < -0.3 is 5.11 Å². The molecule has 2 bridgehead atoms. The van der Waals surface area contributed by atoms with Crippen LogP contribution >= 0.6 is 69.6 Å². The Hall–Kier alpha value is 1.18. The van der Waals surface area contributed by atoms with Gasteiger partial charge in [-0.15, -0.1) is 29.8 Å². The average Bonchev–Trinajstić information content (AvgIpc) is 2.39. The van der Waals surface area contributed by atoms with E-state index >= 15 is 0 Å². The summed E-state index contributed by atoms with van der Waals surface area (Å²) in [6.45, 7) is 3.50. The van der Waals surface area contributed by atoms with Crippen LogP contribution in [0.15, 0.2) is 22.7 Å². The Kier molecular flexibility index (Phi) is 2.88. The predicted molar refractivity (Wildman–Crippen MR) is 70.1 cm³/mol. The molecule has 3 atom stereocenters. The first kappa shape index (κ1) is 13.6. The zero-order valence-electron chi connectivity index (χ0n) is 7.71. The summed E-state index contributed by atoms with van der Waals surface area (Å²) in [7, 11) is 0. The summed E-state index contributed by atoms with van der Waals surface area (Å²) in [6, 6.07) is 0. The maximum atomic E-state index is 10.4. The SMILES string of the molecule is C=CC1(O)CC2(Cl)C(Cl)=C(Cl)C1(Cl)C2(Cl)Cl. The van der Waals surface area contributed by atoms with Crippen molar-refractivity contribution in [1.82, 2.24) is 0 Å². The fraction of sp³-hybridized carbons (Fsp3) is 0.556. The highest BCUT2D eigenvalue weighted by molar-refractivity contribution is 6.66. The van der Waals surface area contributed by atoms with Gasteiger partial charge >= 0.3 is 0 Å². The van der Waals surface area contributed by atoms with Crippen LogP contribution in [0.25, 0.3) is 0 Å². The average molecular weight is 343 g/mol. The number of aliphatic hydroxyl groups is 1. The number of halogens is 6. The van der Waals surface area contributed by atoms with Crippen LogP contribution in [0.3, 0.4) is 0 Å². The van der Waals surface area contributed by atoms with Gasteiger partial charge in [-0.1, -0.05) is 52.5 Å². The van der Waals surface area contributed by atoms with E-state index in [0.29, 0.717) is 0 Å². The van der Waals surface area contributed by atoms with Crippen molar-refractivity contribution in [3.63, 3.8) is 0 Å². The lowest BCUT2D eigenvalue weighted by atomic mass is 9.87. The van der Waals surface area contributed by atoms with Gasteiger partial charge in [-0.25, -0.2) is 0 Å². The molecule has 0 heterocycles. The quantitative estimate of drug-likeness (QED) is 0.561. The maximum Gasteiger partial charge on any atom is 0.169 e. The second-order valence-corrected chi connectivity index (χ2v) is 7.26. The zero-order valence-corrected chi connectivity index (χ0v) is 12.2. The molecular formula is C9H6Cl6O. The molecule has 0 saturated heterocycles. The summed E-state index contributed by atoms with van der Waals surface area (Å²) in [6.07, 6.45) is 1.19. The Bertz CT molecular complexity index is 418. The molecule has 0 aromatic carbocycles. The molecule has 0 aliphatic heterocycles. The van der Waals surface area contributed by atoms with Gasteiger partial charge in [-0.3, -0.25) is 0 Å². The highest BCUT2D eigenvalue weighted by Crippen LogP contribution is 2.75. The van der Waals surface area contributed by atoms with Crippen LogP contribution in [-0.4, -0.2) is 24.8 Å². The topological polar surface area (TPSA) is 20.2 Å². The first-order chi connectivity index (χ1) is 7.08. The summed E-state index contributed by atoms with van der Waals surface area (Å²) < 4.78 is -1.71. The summed E-state index contributed by atoms with van der Waals surface area (Å²) in [4.78, 5) is -3.08. The fourth-order valence-corrected chi connectivity index (χ4v) is 5.06. The van der Waals surface area contributed by atoms with Gasteiger partial charge in [0.25, 0.3) is 0 Å². The third-order valence-corrected chi connectivity index (χ3v) is 7.50. The van der Waals surface area contributed by atoms with Crippen LogP contribution in [0.5, 0.6) is 0 Å². The van der Waals surface area contributed by atoms with Gasteiger partial charge in [-0.2, -0.15) is 0 Å². The molecule has 90 valence electrons. The van der Waals surface area contributed by atoms with Crippen molar-refractivity contribution in [3.05, 3.63) is 22.7 Å². The second-order valence-electron chi connectivity index (χ2n) is 3.97. The molecule has 0 spiro atoms. The van der Waals surface area contributed by atoms with E-state index in [1.807, 2.05) is 0 Å². The molecule has 0 aromatic rings. The normalized spacial score (nSPS) is 49.9. The Morgan fingerprint density at radius 1 is 1.12 bits per heavy atom. The standard InChI is InChI=1S/C9H6Cl6O/c1-2-6(16)3-7(12)4(10)5(11)8(6,13)9(7,14)15/h2,16H,1,3H2. The van der Waals surface area contributed by atoms with E-state index in [9.17, 15) is 5.11 Å². The Morgan fingerprint density at radius 2 is 1.62 bits per heavy atom. The van der Waals surface area contributed by atoms with Crippen molar-refractivity contribution in [2.45, 2.75) is 26.1 Å². The van der Waals surface area contributed by atoms with Gasteiger partial charge in [-0.05, 0) is 0 Å². The molecule has 0 radical (unpaired) electrons. The van der Waals surface area contributed by atoms with E-state index in [0.717, 1.165) is 0 Å². The maximum absolute atomic E-state index is 10.4. The van der Waals surface area contributed by atoms with Crippen LogP contribution in [0, 0.1) is 0 Å². The molecule has 0 amide bonds. The van der Waals surface area contributed by atoms with E-state index in [1.165, 1.54) is 6.08 Å². The molecular weight excluding hydrogens is 337 g/mol. The molecule has 2 rings (SSSR count). The molecule has 1 saturated carbocycles. The third-order valence-electron chi connectivity index (χ3n) is 3.22. The van der Waals surface area contributed by atoms with Crippen molar-refractivity contribution in [2.24, 2.45) is 0 Å².